The molecule has 2 atom stereocenters. The number of hydrogen-bond donors (Lipinski definition) is 2. The van der Waals surface area contributed by atoms with E-state index in [9.17, 15) is 9.59 Å². The fraction of sp³-hybridized carbons (Fsp3) is 0.500. The van der Waals surface area contributed by atoms with Gasteiger partial charge >= 0.3 is 0 Å². The molecule has 0 radical (unpaired) electrons. The topological polar surface area (TPSA) is 87.5 Å². The van der Waals surface area contributed by atoms with Gasteiger partial charge in [-0.3, -0.25) is 14.5 Å². The van der Waals surface area contributed by atoms with Crippen molar-refractivity contribution in [1.82, 2.24) is 20.7 Å². The monoisotopic (exact) mass is 394 g/mol. The first kappa shape index (κ1) is 18.4. The third kappa shape index (κ3) is 3.55. The van der Waals surface area contributed by atoms with E-state index >= 15 is 0 Å². The van der Waals surface area contributed by atoms with Crippen LogP contribution in [0.1, 0.15) is 49.0 Å². The van der Waals surface area contributed by atoms with E-state index in [1.54, 1.807) is 6.07 Å². The molecule has 3 fully saturated rings. The molecule has 29 heavy (non-hydrogen) atoms. The molecule has 7 nitrogen and oxygen atoms in total. The highest BCUT2D eigenvalue weighted by Gasteiger charge is 2.52. The molecule has 1 aromatic heterocycles. The minimum Gasteiger partial charge on any atom is -0.355 e. The maximum absolute atomic E-state index is 13.0. The van der Waals surface area contributed by atoms with Crippen LogP contribution in [0.2, 0.25) is 0 Å². The summed E-state index contributed by atoms with van der Waals surface area (Å²) < 4.78 is 5.35. The molecule has 7 heteroatoms. The number of amides is 2. The second kappa shape index (κ2) is 7.30. The number of benzene rings is 1. The van der Waals surface area contributed by atoms with Crippen LogP contribution in [-0.2, 0) is 4.79 Å². The van der Waals surface area contributed by atoms with Gasteiger partial charge in [0.05, 0.1) is 0 Å². The van der Waals surface area contributed by atoms with Crippen LogP contribution >= 0.6 is 0 Å². The van der Waals surface area contributed by atoms with Gasteiger partial charge in [-0.1, -0.05) is 35.5 Å². The van der Waals surface area contributed by atoms with Crippen LogP contribution in [0.4, 0.5) is 0 Å². The Balaban J connectivity index is 1.28. The SMILES string of the molecule is O=C(N[C@@H]1CN2CCCC[C@@]2(C(=O)NC2CC2)C1)c1cc(-c2ccccc2)on1. The number of nitrogens with zero attached hydrogens (tertiary/aromatic N) is 2. The fourth-order valence-corrected chi connectivity index (χ4v) is 4.70. The molecule has 2 N–H and O–H groups in total. The number of hydrogen-bond acceptors (Lipinski definition) is 5. The van der Waals surface area contributed by atoms with Gasteiger partial charge in [0.2, 0.25) is 5.91 Å². The fourth-order valence-electron chi connectivity index (χ4n) is 4.70. The summed E-state index contributed by atoms with van der Waals surface area (Å²) in [6, 6.07) is 11.5. The Morgan fingerprint density at radius 1 is 1.10 bits per heavy atom. The van der Waals surface area contributed by atoms with Crippen LogP contribution < -0.4 is 10.6 Å². The Morgan fingerprint density at radius 2 is 1.93 bits per heavy atom. The van der Waals surface area contributed by atoms with Crippen molar-refractivity contribution in [2.45, 2.75) is 56.1 Å². The lowest BCUT2D eigenvalue weighted by molar-refractivity contribution is -0.134. The Bertz CT molecular complexity index is 908. The Morgan fingerprint density at radius 3 is 2.72 bits per heavy atom. The average molecular weight is 394 g/mol. The third-order valence-electron chi connectivity index (χ3n) is 6.37. The van der Waals surface area contributed by atoms with Crippen molar-refractivity contribution in [1.29, 1.82) is 0 Å². The number of piperidine rings is 1. The second-order valence-corrected chi connectivity index (χ2v) is 8.50. The predicted octanol–water partition coefficient (Wildman–Crippen LogP) is 2.35. The lowest BCUT2D eigenvalue weighted by Gasteiger charge is -2.40. The van der Waals surface area contributed by atoms with Gasteiger partial charge in [-0.25, -0.2) is 0 Å². The van der Waals surface area contributed by atoms with E-state index in [1.165, 1.54) is 0 Å². The molecule has 2 aliphatic heterocycles. The van der Waals surface area contributed by atoms with Gasteiger partial charge in [0.15, 0.2) is 11.5 Å². The minimum absolute atomic E-state index is 0.0672. The van der Waals surface area contributed by atoms with Crippen molar-refractivity contribution in [3.63, 3.8) is 0 Å². The predicted molar refractivity (Wildman–Crippen MR) is 107 cm³/mol. The van der Waals surface area contributed by atoms with E-state index in [-0.39, 0.29) is 23.6 Å². The highest BCUT2D eigenvalue weighted by molar-refractivity contribution is 5.93. The molecule has 2 aromatic rings. The van der Waals surface area contributed by atoms with Crippen LogP contribution in [0.5, 0.6) is 0 Å². The van der Waals surface area contributed by atoms with Crippen molar-refractivity contribution in [3.05, 3.63) is 42.1 Å². The van der Waals surface area contributed by atoms with Crippen LogP contribution in [0.3, 0.4) is 0 Å². The second-order valence-electron chi connectivity index (χ2n) is 8.50. The van der Waals surface area contributed by atoms with Crippen LogP contribution in [0, 0.1) is 0 Å². The number of aromatic nitrogens is 1. The summed E-state index contributed by atoms with van der Waals surface area (Å²) in [5.74, 6) is 0.461. The molecule has 1 aromatic carbocycles. The zero-order chi connectivity index (χ0) is 19.8. The summed E-state index contributed by atoms with van der Waals surface area (Å²) in [5.41, 5.74) is 0.676. The average Bonchev–Trinajstić information content (AvgIpc) is 3.28. The van der Waals surface area contributed by atoms with Crippen molar-refractivity contribution < 1.29 is 14.1 Å². The summed E-state index contributed by atoms with van der Waals surface area (Å²) in [7, 11) is 0. The molecule has 1 aliphatic carbocycles. The summed E-state index contributed by atoms with van der Waals surface area (Å²) in [5, 5.41) is 10.2. The van der Waals surface area contributed by atoms with Gasteiger partial charge in [0.1, 0.15) is 5.54 Å². The van der Waals surface area contributed by atoms with Gasteiger partial charge in [-0.2, -0.15) is 0 Å². The summed E-state index contributed by atoms with van der Waals surface area (Å²) in [6.07, 6.45) is 5.83. The molecule has 3 aliphatic rings. The van der Waals surface area contributed by atoms with E-state index in [2.05, 4.69) is 20.7 Å². The molecule has 152 valence electrons. The van der Waals surface area contributed by atoms with Gasteiger partial charge in [0, 0.05) is 30.3 Å². The van der Waals surface area contributed by atoms with E-state index in [0.29, 0.717) is 24.8 Å². The number of carbonyl (C=O) groups excluding carboxylic acids is 2. The summed E-state index contributed by atoms with van der Waals surface area (Å²) in [4.78, 5) is 28.1. The molecule has 3 heterocycles. The maximum atomic E-state index is 13.0. The van der Waals surface area contributed by atoms with Gasteiger partial charge in [-0.05, 0) is 45.1 Å². The smallest absolute Gasteiger partial charge is 0.273 e. The molecule has 0 unspecified atom stereocenters. The Labute approximate surface area is 169 Å². The van der Waals surface area contributed by atoms with Crippen LogP contribution in [0.25, 0.3) is 11.3 Å². The molecular weight excluding hydrogens is 368 g/mol. The number of fused-ring (bicyclic) bond motifs is 1. The Hall–Kier alpha value is -2.67. The molecule has 1 saturated carbocycles. The van der Waals surface area contributed by atoms with Crippen LogP contribution in [0.15, 0.2) is 40.9 Å². The molecule has 2 amide bonds. The molecule has 5 rings (SSSR count). The van der Waals surface area contributed by atoms with Crippen LogP contribution in [-0.4, -0.2) is 52.6 Å². The van der Waals surface area contributed by atoms with E-state index in [4.69, 9.17) is 4.52 Å². The Kier molecular flexibility index (Phi) is 4.62. The maximum Gasteiger partial charge on any atom is 0.273 e. The third-order valence-corrected chi connectivity index (χ3v) is 6.37. The quantitative estimate of drug-likeness (QED) is 0.813. The first-order valence-electron chi connectivity index (χ1n) is 10.5. The standard InChI is InChI=1S/C22H26N4O3/c27-20(18-12-19(29-25-18)15-6-2-1-3-7-15)23-17-13-22(21(28)24-16-8-9-16)10-4-5-11-26(22)14-17/h1-3,6-7,12,16-17H,4-5,8-11,13-14H2,(H,23,27)(H,24,28)/t17-,22-/m0/s1. The van der Waals surface area contributed by atoms with E-state index < -0.39 is 5.54 Å². The first-order valence-corrected chi connectivity index (χ1v) is 10.5. The normalized spacial score (nSPS) is 26.7. The molecule has 2 saturated heterocycles. The zero-order valence-corrected chi connectivity index (χ0v) is 16.4. The lowest BCUT2D eigenvalue weighted by atomic mass is 9.84. The van der Waals surface area contributed by atoms with Crippen molar-refractivity contribution in [2.75, 3.05) is 13.1 Å². The van der Waals surface area contributed by atoms with E-state index in [1.807, 2.05) is 30.3 Å². The number of rotatable bonds is 5. The van der Waals surface area contributed by atoms with E-state index in [0.717, 1.165) is 44.2 Å². The molecule has 0 spiro atoms. The summed E-state index contributed by atoms with van der Waals surface area (Å²) >= 11 is 0. The van der Waals surface area contributed by atoms with Crippen molar-refractivity contribution in [2.24, 2.45) is 0 Å². The largest absolute Gasteiger partial charge is 0.355 e. The first-order chi connectivity index (χ1) is 14.1. The lowest BCUT2D eigenvalue weighted by Crippen LogP contribution is -2.57. The number of carbonyl (C=O) groups is 2. The van der Waals surface area contributed by atoms with Gasteiger partial charge in [-0.15, -0.1) is 0 Å². The molecular formula is C22H26N4O3. The highest BCUT2D eigenvalue weighted by atomic mass is 16.5. The highest BCUT2D eigenvalue weighted by Crippen LogP contribution is 2.39. The van der Waals surface area contributed by atoms with Gasteiger partial charge < -0.3 is 15.2 Å². The van der Waals surface area contributed by atoms with Crippen molar-refractivity contribution >= 4 is 11.8 Å². The van der Waals surface area contributed by atoms with Crippen molar-refractivity contribution in [3.8, 4) is 11.3 Å². The number of nitrogens with one attached hydrogen (secondary N) is 2. The summed E-state index contributed by atoms with van der Waals surface area (Å²) in [6.45, 7) is 1.61. The molecule has 0 bridgehead atoms. The minimum atomic E-state index is -0.474. The zero-order valence-electron chi connectivity index (χ0n) is 16.4. The van der Waals surface area contributed by atoms with Gasteiger partial charge in [0.25, 0.3) is 5.91 Å².